The Labute approximate surface area is 185 Å². The molecule has 0 aromatic rings. The Balaban J connectivity index is 3.23. The fourth-order valence-electron chi connectivity index (χ4n) is 3.47. The summed E-state index contributed by atoms with van der Waals surface area (Å²) in [5.41, 5.74) is 0. The van der Waals surface area contributed by atoms with E-state index in [4.69, 9.17) is 4.74 Å². The Morgan fingerprint density at radius 3 is 1.50 bits per heavy atom. The van der Waals surface area contributed by atoms with Crippen molar-refractivity contribution in [2.75, 3.05) is 13.2 Å². The van der Waals surface area contributed by atoms with Crippen LogP contribution < -0.4 is 0 Å². The fraction of sp³-hybridized carbons (Fsp3) is 0.920. The molecule has 0 aromatic heterocycles. The molecule has 5 nitrogen and oxygen atoms in total. The average molecular weight is 429 g/mol. The van der Waals surface area contributed by atoms with E-state index >= 15 is 0 Å². The molecule has 0 aromatic carbocycles. The molecule has 0 aliphatic heterocycles. The highest BCUT2D eigenvalue weighted by molar-refractivity contribution is 5.69. The van der Waals surface area contributed by atoms with Gasteiger partial charge in [-0.15, -0.1) is 0 Å². The van der Waals surface area contributed by atoms with Gasteiger partial charge in [-0.3, -0.25) is 9.59 Å². The maximum atomic E-state index is 11.6. The highest BCUT2D eigenvalue weighted by Crippen LogP contribution is 2.15. The third-order valence-electron chi connectivity index (χ3n) is 5.33. The lowest BCUT2D eigenvalue weighted by atomic mass is 10.0. The number of ether oxygens (including phenoxy) is 2. The number of carbonyl (C=O) groups is 2. The number of aliphatic hydroxyl groups is 1. The first-order valence-corrected chi connectivity index (χ1v) is 12.4. The van der Waals surface area contributed by atoms with Crippen molar-refractivity contribution in [1.29, 1.82) is 0 Å². The van der Waals surface area contributed by atoms with E-state index in [9.17, 15) is 14.7 Å². The summed E-state index contributed by atoms with van der Waals surface area (Å²) < 4.78 is 9.64. The van der Waals surface area contributed by atoms with E-state index in [1.807, 2.05) is 0 Å². The average Bonchev–Trinajstić information content (AvgIpc) is 2.70. The van der Waals surface area contributed by atoms with E-state index in [0.29, 0.717) is 6.42 Å². The molecule has 0 bridgehead atoms. The van der Waals surface area contributed by atoms with Gasteiger partial charge in [-0.1, -0.05) is 104 Å². The van der Waals surface area contributed by atoms with Crippen molar-refractivity contribution in [2.45, 2.75) is 130 Å². The minimum Gasteiger partial charge on any atom is -0.463 e. The van der Waals surface area contributed by atoms with Crippen LogP contribution in [0.2, 0.25) is 0 Å². The van der Waals surface area contributed by atoms with Crippen molar-refractivity contribution in [2.24, 2.45) is 5.92 Å². The Kier molecular flexibility index (Phi) is 20.4. The van der Waals surface area contributed by atoms with Crippen molar-refractivity contribution < 1.29 is 24.2 Å². The summed E-state index contributed by atoms with van der Waals surface area (Å²) in [5.74, 6) is 0.104. The SMILES string of the molecule is CC(=O)OC[C@H](O)COC(=O)CCCCCCCCCCCCCCCCC(C)C. The summed E-state index contributed by atoms with van der Waals surface area (Å²) >= 11 is 0. The van der Waals surface area contributed by atoms with Crippen LogP contribution in [-0.2, 0) is 19.1 Å². The van der Waals surface area contributed by atoms with E-state index in [-0.39, 0.29) is 19.2 Å². The maximum absolute atomic E-state index is 11.6. The van der Waals surface area contributed by atoms with Gasteiger partial charge in [-0.2, -0.15) is 0 Å². The Bertz CT molecular complexity index is 408. The lowest BCUT2D eigenvalue weighted by Gasteiger charge is -2.11. The Morgan fingerprint density at radius 2 is 1.07 bits per heavy atom. The second-order valence-corrected chi connectivity index (χ2v) is 9.02. The van der Waals surface area contributed by atoms with E-state index < -0.39 is 12.1 Å². The van der Waals surface area contributed by atoms with Crippen molar-refractivity contribution in [1.82, 2.24) is 0 Å². The van der Waals surface area contributed by atoms with E-state index in [1.54, 1.807) is 0 Å². The smallest absolute Gasteiger partial charge is 0.305 e. The molecule has 0 saturated carbocycles. The molecule has 0 radical (unpaired) electrons. The molecule has 178 valence electrons. The molecule has 1 atom stereocenters. The minimum absolute atomic E-state index is 0.121. The molecule has 0 amide bonds. The summed E-state index contributed by atoms with van der Waals surface area (Å²) in [4.78, 5) is 22.2. The van der Waals surface area contributed by atoms with Gasteiger partial charge in [0.25, 0.3) is 0 Å². The van der Waals surface area contributed by atoms with Crippen LogP contribution in [0.3, 0.4) is 0 Å². The third kappa shape index (κ3) is 23.2. The molecule has 30 heavy (non-hydrogen) atoms. The summed E-state index contributed by atoms with van der Waals surface area (Å²) in [6.07, 6.45) is 18.9. The van der Waals surface area contributed by atoms with Gasteiger partial charge in [-0.25, -0.2) is 0 Å². The zero-order valence-electron chi connectivity index (χ0n) is 20.0. The second-order valence-electron chi connectivity index (χ2n) is 9.02. The number of rotatable bonds is 21. The lowest BCUT2D eigenvalue weighted by molar-refractivity contribution is -0.151. The molecule has 0 heterocycles. The lowest BCUT2D eigenvalue weighted by Crippen LogP contribution is -2.24. The van der Waals surface area contributed by atoms with Crippen molar-refractivity contribution in [3.8, 4) is 0 Å². The van der Waals surface area contributed by atoms with Crippen LogP contribution >= 0.6 is 0 Å². The highest BCUT2D eigenvalue weighted by Gasteiger charge is 2.10. The number of unbranched alkanes of at least 4 members (excludes halogenated alkanes) is 13. The quantitative estimate of drug-likeness (QED) is 0.170. The molecule has 0 aliphatic rings. The maximum Gasteiger partial charge on any atom is 0.305 e. The van der Waals surface area contributed by atoms with Crippen molar-refractivity contribution in [3.63, 3.8) is 0 Å². The first kappa shape index (κ1) is 28.9. The molecular weight excluding hydrogens is 380 g/mol. The number of hydrogen-bond donors (Lipinski definition) is 1. The fourth-order valence-corrected chi connectivity index (χ4v) is 3.47. The number of esters is 2. The monoisotopic (exact) mass is 428 g/mol. The molecule has 5 heteroatoms. The highest BCUT2D eigenvalue weighted by atomic mass is 16.6. The van der Waals surface area contributed by atoms with Gasteiger partial charge >= 0.3 is 11.9 Å². The predicted molar refractivity (Wildman–Crippen MR) is 122 cm³/mol. The number of carbonyl (C=O) groups excluding carboxylic acids is 2. The van der Waals surface area contributed by atoms with E-state index in [2.05, 4.69) is 18.6 Å². The molecular formula is C25H48O5. The summed E-state index contributed by atoms with van der Waals surface area (Å²) in [6.45, 7) is 5.63. The molecule has 0 rings (SSSR count). The zero-order chi connectivity index (χ0) is 22.5. The topological polar surface area (TPSA) is 72.8 Å². The largest absolute Gasteiger partial charge is 0.463 e. The Hall–Kier alpha value is -1.10. The summed E-state index contributed by atoms with van der Waals surface area (Å²) in [6, 6.07) is 0. The van der Waals surface area contributed by atoms with Gasteiger partial charge in [0.05, 0.1) is 0 Å². The third-order valence-corrected chi connectivity index (χ3v) is 5.33. The van der Waals surface area contributed by atoms with E-state index in [0.717, 1.165) is 18.8 Å². The van der Waals surface area contributed by atoms with Crippen LogP contribution in [0, 0.1) is 5.92 Å². The van der Waals surface area contributed by atoms with Crippen molar-refractivity contribution in [3.05, 3.63) is 0 Å². The molecule has 0 saturated heterocycles. The van der Waals surface area contributed by atoms with Gasteiger partial charge < -0.3 is 14.6 Å². The minimum atomic E-state index is -0.951. The standard InChI is InChI=1S/C25H48O5/c1-22(2)18-16-14-12-10-8-6-4-5-7-9-11-13-15-17-19-25(28)30-21-24(27)20-29-23(3)26/h22,24,27H,4-21H2,1-3H3/t24-/m0/s1. The van der Waals surface area contributed by atoms with Crippen LogP contribution in [0.1, 0.15) is 124 Å². The van der Waals surface area contributed by atoms with Crippen LogP contribution in [0.15, 0.2) is 0 Å². The predicted octanol–water partition coefficient (Wildman–Crippen LogP) is 6.35. The summed E-state index contributed by atoms with van der Waals surface area (Å²) in [7, 11) is 0. The van der Waals surface area contributed by atoms with Gasteiger partial charge in [0.2, 0.25) is 0 Å². The van der Waals surface area contributed by atoms with E-state index in [1.165, 1.54) is 90.4 Å². The van der Waals surface area contributed by atoms with Crippen LogP contribution in [0.5, 0.6) is 0 Å². The molecule has 1 N–H and O–H groups in total. The normalized spacial score (nSPS) is 12.2. The molecule has 0 fully saturated rings. The molecule has 0 spiro atoms. The van der Waals surface area contributed by atoms with Crippen molar-refractivity contribution >= 4 is 11.9 Å². The first-order valence-electron chi connectivity index (χ1n) is 12.4. The Morgan fingerprint density at radius 1 is 0.667 bits per heavy atom. The zero-order valence-corrected chi connectivity index (χ0v) is 20.0. The van der Waals surface area contributed by atoms with Crippen LogP contribution in [0.4, 0.5) is 0 Å². The molecule has 0 aliphatic carbocycles. The van der Waals surface area contributed by atoms with Gasteiger partial charge in [0, 0.05) is 13.3 Å². The molecule has 0 unspecified atom stereocenters. The number of hydrogen-bond acceptors (Lipinski definition) is 5. The van der Waals surface area contributed by atoms with Gasteiger partial charge in [0.1, 0.15) is 19.3 Å². The van der Waals surface area contributed by atoms with Crippen LogP contribution in [0.25, 0.3) is 0 Å². The first-order chi connectivity index (χ1) is 14.4. The summed E-state index contributed by atoms with van der Waals surface area (Å²) in [5, 5.41) is 9.51. The second kappa shape index (κ2) is 21.1. The number of aliphatic hydroxyl groups excluding tert-OH is 1. The van der Waals surface area contributed by atoms with Gasteiger partial charge in [0.15, 0.2) is 0 Å². The van der Waals surface area contributed by atoms with Crippen LogP contribution in [-0.4, -0.2) is 36.4 Å². The van der Waals surface area contributed by atoms with Gasteiger partial charge in [-0.05, 0) is 12.3 Å².